The van der Waals surface area contributed by atoms with Crippen LogP contribution < -0.4 is 37.2 Å². The van der Waals surface area contributed by atoms with Gasteiger partial charge in [0.1, 0.15) is 0 Å². The summed E-state index contributed by atoms with van der Waals surface area (Å²) in [7, 11) is -0.149. The number of aryl methyl sites for hydroxylation is 2. The second-order valence-electron chi connectivity index (χ2n) is 7.03. The molecule has 0 radical (unpaired) electrons. The van der Waals surface area contributed by atoms with Crippen LogP contribution in [0.2, 0.25) is 6.04 Å². The number of hydrogen-bond acceptors (Lipinski definition) is 0. The van der Waals surface area contributed by atoms with Gasteiger partial charge in [-0.1, -0.05) is 82.0 Å². The number of rotatable bonds is 5. The van der Waals surface area contributed by atoms with E-state index in [0.29, 0.717) is 5.54 Å². The molecule has 0 heterocycles. The molecule has 0 fully saturated rings. The topological polar surface area (TPSA) is 0 Å². The molecule has 2 rings (SSSR count). The molecule has 144 valence electrons. The van der Waals surface area contributed by atoms with Crippen LogP contribution in [0.3, 0.4) is 0 Å². The van der Waals surface area contributed by atoms with Crippen molar-refractivity contribution in [3.63, 3.8) is 0 Å². The molecule has 2 aromatic carbocycles. The summed E-state index contributed by atoms with van der Waals surface area (Å²) in [4.78, 5) is 0. The number of halogens is 3. The molecule has 0 nitrogen and oxygen atoms in total. The van der Waals surface area contributed by atoms with Gasteiger partial charge in [0.05, 0.1) is 0 Å². The first kappa shape index (κ1) is 31.1. The van der Waals surface area contributed by atoms with Gasteiger partial charge in [-0.05, 0) is 19.4 Å². The van der Waals surface area contributed by atoms with Gasteiger partial charge in [0, 0.05) is 9.52 Å². The Morgan fingerprint density at radius 1 is 0.808 bits per heavy atom. The summed E-state index contributed by atoms with van der Waals surface area (Å²) in [5.74, 6) is 0. The third-order valence-corrected chi connectivity index (χ3v) is 7.91. The largest absolute Gasteiger partial charge is 4.00 e. The molecule has 0 aromatic heterocycles. The first-order valence-corrected chi connectivity index (χ1v) is 10.5. The van der Waals surface area contributed by atoms with Crippen LogP contribution in [0.1, 0.15) is 63.4 Å². The Balaban J connectivity index is -0.00000132. The molecule has 2 aromatic rings. The molecule has 26 heavy (non-hydrogen) atoms. The quantitative estimate of drug-likeness (QED) is 0.316. The fourth-order valence-corrected chi connectivity index (χ4v) is 6.15. The molecular formula is C21H31Cl3SiTi. The zero-order chi connectivity index (χ0) is 16.4. The third-order valence-electron chi connectivity index (χ3n) is 5.34. The van der Waals surface area contributed by atoms with Crippen LogP contribution >= 0.6 is 0 Å². The average Bonchev–Trinajstić information content (AvgIpc) is 2.64. The Labute approximate surface area is 196 Å². The van der Waals surface area contributed by atoms with E-state index >= 15 is 0 Å². The number of benzene rings is 1. The fraction of sp³-hybridized carbons (Fsp3) is 0.476. The summed E-state index contributed by atoms with van der Waals surface area (Å²) >= 11 is 0. The molecule has 0 aliphatic heterocycles. The van der Waals surface area contributed by atoms with E-state index in [9.17, 15) is 0 Å². The Hall–Kier alpha value is 0.371. The summed E-state index contributed by atoms with van der Waals surface area (Å²) in [6.07, 6.45) is 1.32. The van der Waals surface area contributed by atoms with E-state index in [1.54, 1.807) is 22.3 Å². The maximum Gasteiger partial charge on any atom is 4.00 e. The van der Waals surface area contributed by atoms with Crippen molar-refractivity contribution < 1.29 is 58.9 Å². The molecule has 0 spiro atoms. The van der Waals surface area contributed by atoms with Crippen molar-refractivity contribution in [2.24, 2.45) is 0 Å². The van der Waals surface area contributed by atoms with Gasteiger partial charge in [0.15, 0.2) is 0 Å². The Bertz CT molecular complexity index is 635. The van der Waals surface area contributed by atoms with Crippen LogP contribution in [0.15, 0.2) is 18.2 Å². The van der Waals surface area contributed by atoms with Gasteiger partial charge in [-0.25, -0.2) is 0 Å². The summed E-state index contributed by atoms with van der Waals surface area (Å²) in [5, 5.41) is 0. The first-order valence-electron chi connectivity index (χ1n) is 8.67. The first-order chi connectivity index (χ1) is 10.4. The molecular weight excluding hydrogens is 435 g/mol. The predicted molar refractivity (Wildman–Crippen MR) is 102 cm³/mol. The maximum atomic E-state index is 2.43. The Morgan fingerprint density at radius 2 is 1.23 bits per heavy atom. The minimum Gasteiger partial charge on any atom is -1.00 e. The van der Waals surface area contributed by atoms with Crippen LogP contribution in [0.4, 0.5) is 0 Å². The van der Waals surface area contributed by atoms with Crippen LogP contribution in [0.5, 0.6) is 0 Å². The Morgan fingerprint density at radius 3 is 1.62 bits per heavy atom. The molecule has 5 heteroatoms. The molecule has 0 aliphatic carbocycles. The standard InChI is InChI=1S/C21H31Si.3ClH.Ti/c1-8-9-22-21(19-11-13(2)10-14(3)12-19)20-17(6)15(4)16(5)18(20)7;;;;/h10-12,21H,8-9,22H2,1-7H3;3*1H;/q-1;;;;+4/p-3. The van der Waals surface area contributed by atoms with Gasteiger partial charge >= 0.3 is 21.7 Å². The average molecular weight is 466 g/mol. The van der Waals surface area contributed by atoms with Crippen molar-refractivity contribution in [1.82, 2.24) is 0 Å². The van der Waals surface area contributed by atoms with Gasteiger partial charge in [0.2, 0.25) is 0 Å². The molecule has 0 saturated carbocycles. The van der Waals surface area contributed by atoms with Crippen LogP contribution in [-0.4, -0.2) is 9.52 Å². The van der Waals surface area contributed by atoms with Crippen molar-refractivity contribution in [2.45, 2.75) is 66.5 Å². The number of hydrogen-bond donors (Lipinski definition) is 0. The van der Waals surface area contributed by atoms with E-state index in [1.807, 2.05) is 0 Å². The monoisotopic (exact) mass is 464 g/mol. The second kappa shape index (κ2) is 13.5. The molecule has 0 bridgehead atoms. The van der Waals surface area contributed by atoms with Gasteiger partial charge in [-0.3, -0.25) is 0 Å². The van der Waals surface area contributed by atoms with Crippen molar-refractivity contribution in [2.75, 3.05) is 0 Å². The van der Waals surface area contributed by atoms with Gasteiger partial charge in [-0.2, -0.15) is 22.3 Å². The molecule has 1 atom stereocenters. The van der Waals surface area contributed by atoms with Gasteiger partial charge in [0.25, 0.3) is 0 Å². The van der Waals surface area contributed by atoms with Gasteiger partial charge < -0.3 is 37.2 Å². The normalized spacial score (nSPS) is 11.2. The van der Waals surface area contributed by atoms with Crippen molar-refractivity contribution in [3.05, 3.63) is 62.7 Å². The van der Waals surface area contributed by atoms with E-state index in [2.05, 4.69) is 66.7 Å². The smallest absolute Gasteiger partial charge is 1.00 e. The van der Waals surface area contributed by atoms with E-state index < -0.39 is 0 Å². The third kappa shape index (κ3) is 6.76. The minimum atomic E-state index is -0.149. The molecule has 0 amide bonds. The van der Waals surface area contributed by atoms with Crippen molar-refractivity contribution in [1.29, 1.82) is 0 Å². The summed E-state index contributed by atoms with van der Waals surface area (Å²) < 4.78 is 0. The predicted octanol–water partition coefficient (Wildman–Crippen LogP) is -3.65. The van der Waals surface area contributed by atoms with E-state index in [0.717, 1.165) is 0 Å². The zero-order valence-corrected chi connectivity index (χ0v) is 22.3. The van der Waals surface area contributed by atoms with Crippen molar-refractivity contribution in [3.8, 4) is 0 Å². The van der Waals surface area contributed by atoms with E-state index in [4.69, 9.17) is 0 Å². The fourth-order valence-electron chi connectivity index (χ4n) is 3.87. The molecule has 0 saturated heterocycles. The molecule has 0 aliphatic rings. The minimum absolute atomic E-state index is 0. The molecule has 0 N–H and O–H groups in total. The second-order valence-corrected chi connectivity index (χ2v) is 9.13. The maximum absolute atomic E-state index is 2.43. The van der Waals surface area contributed by atoms with Crippen molar-refractivity contribution >= 4 is 9.52 Å². The summed E-state index contributed by atoms with van der Waals surface area (Å²) in [6, 6.07) is 8.58. The summed E-state index contributed by atoms with van der Waals surface area (Å²) in [6.45, 7) is 16.0. The van der Waals surface area contributed by atoms with Crippen LogP contribution in [-0.2, 0) is 21.7 Å². The Kier molecular flexibility index (Phi) is 16.2. The summed E-state index contributed by atoms with van der Waals surface area (Å²) in [5.41, 5.74) is 12.8. The SMILES string of the molecule is CCC[SiH2]C(c1cc(C)cc(C)c1)[c-]1c(C)c(C)c(C)c1C.[Cl-].[Cl-].[Cl-].[Ti+4]. The zero-order valence-electron chi connectivity index (χ0n) is 17.1. The van der Waals surface area contributed by atoms with E-state index in [-0.39, 0.29) is 68.5 Å². The van der Waals surface area contributed by atoms with E-state index in [1.165, 1.54) is 34.7 Å². The van der Waals surface area contributed by atoms with Crippen LogP contribution in [0, 0.1) is 41.5 Å². The molecule has 1 unspecified atom stereocenters. The van der Waals surface area contributed by atoms with Gasteiger partial charge in [-0.15, -0.1) is 5.56 Å². The van der Waals surface area contributed by atoms with Crippen LogP contribution in [0.25, 0.3) is 0 Å².